The number of carbonyl (C=O) groups is 2. The van der Waals surface area contributed by atoms with Crippen molar-refractivity contribution in [1.29, 1.82) is 5.26 Å². The quantitative estimate of drug-likeness (QED) is 0.836. The largest absolute Gasteiger partial charge is 0.467 e. The standard InChI is InChI=1S/C13H13ClN2O3/c1-19-13(18)11(7-4-8-15)16-12(17)9-5-2-3-6-10(9)14/h2-3,5-6,11H,4,7H2,1H3,(H,16,17)/t11-/m1/s1. The number of nitriles is 1. The van der Waals surface area contributed by atoms with E-state index in [-0.39, 0.29) is 18.4 Å². The van der Waals surface area contributed by atoms with Gasteiger partial charge in [-0.3, -0.25) is 4.79 Å². The first kappa shape index (κ1) is 15.0. The Bertz CT molecular complexity index is 511. The van der Waals surface area contributed by atoms with Crippen LogP contribution in [0, 0.1) is 11.3 Å². The van der Waals surface area contributed by atoms with Crippen molar-refractivity contribution in [2.45, 2.75) is 18.9 Å². The van der Waals surface area contributed by atoms with E-state index in [4.69, 9.17) is 16.9 Å². The number of benzene rings is 1. The Balaban J connectivity index is 2.79. The average molecular weight is 281 g/mol. The molecule has 5 nitrogen and oxygen atoms in total. The van der Waals surface area contributed by atoms with Crippen LogP contribution in [-0.2, 0) is 9.53 Å². The summed E-state index contributed by atoms with van der Waals surface area (Å²) >= 11 is 5.89. The van der Waals surface area contributed by atoms with E-state index in [2.05, 4.69) is 10.1 Å². The zero-order chi connectivity index (χ0) is 14.3. The molecule has 0 fully saturated rings. The first-order chi connectivity index (χ1) is 9.10. The second-order valence-electron chi connectivity index (χ2n) is 3.73. The average Bonchev–Trinajstić information content (AvgIpc) is 2.42. The molecule has 0 spiro atoms. The Morgan fingerprint density at radius 1 is 1.47 bits per heavy atom. The zero-order valence-corrected chi connectivity index (χ0v) is 11.1. The fourth-order valence-electron chi connectivity index (χ4n) is 1.48. The van der Waals surface area contributed by atoms with Gasteiger partial charge in [-0.15, -0.1) is 0 Å². The molecule has 0 bridgehead atoms. The lowest BCUT2D eigenvalue weighted by Crippen LogP contribution is -2.41. The van der Waals surface area contributed by atoms with Crippen molar-refractivity contribution in [2.24, 2.45) is 0 Å². The van der Waals surface area contributed by atoms with E-state index in [0.29, 0.717) is 5.02 Å². The molecule has 1 aromatic carbocycles. The maximum absolute atomic E-state index is 12.0. The summed E-state index contributed by atoms with van der Waals surface area (Å²) in [7, 11) is 1.23. The molecule has 6 heteroatoms. The number of rotatable bonds is 5. The number of nitrogens with zero attached hydrogens (tertiary/aromatic N) is 1. The number of methoxy groups -OCH3 is 1. The predicted octanol–water partition coefficient (Wildman–Crippen LogP) is 1.92. The summed E-state index contributed by atoms with van der Waals surface area (Å²) in [5, 5.41) is 11.3. The molecule has 0 heterocycles. The molecule has 1 aromatic rings. The Hall–Kier alpha value is -2.06. The van der Waals surface area contributed by atoms with Gasteiger partial charge >= 0.3 is 5.97 Å². The van der Waals surface area contributed by atoms with Gasteiger partial charge in [0.1, 0.15) is 6.04 Å². The molecular weight excluding hydrogens is 268 g/mol. The second-order valence-corrected chi connectivity index (χ2v) is 4.13. The van der Waals surface area contributed by atoms with Crippen molar-refractivity contribution in [3.63, 3.8) is 0 Å². The molecule has 0 aliphatic rings. The van der Waals surface area contributed by atoms with E-state index in [1.807, 2.05) is 6.07 Å². The molecule has 1 rings (SSSR count). The Kier molecular flexibility index (Phi) is 5.83. The van der Waals surface area contributed by atoms with Crippen LogP contribution in [0.3, 0.4) is 0 Å². The van der Waals surface area contributed by atoms with Gasteiger partial charge in [0, 0.05) is 6.42 Å². The van der Waals surface area contributed by atoms with E-state index < -0.39 is 17.9 Å². The molecule has 1 N–H and O–H groups in total. The molecule has 0 unspecified atom stereocenters. The fraction of sp³-hybridized carbons (Fsp3) is 0.308. The fourth-order valence-corrected chi connectivity index (χ4v) is 1.70. The molecule has 0 aliphatic heterocycles. The van der Waals surface area contributed by atoms with Crippen molar-refractivity contribution in [3.05, 3.63) is 34.9 Å². The summed E-state index contributed by atoms with van der Waals surface area (Å²) in [6, 6.07) is 7.57. The second kappa shape index (κ2) is 7.39. The van der Waals surface area contributed by atoms with Crippen LogP contribution < -0.4 is 5.32 Å². The predicted molar refractivity (Wildman–Crippen MR) is 69.6 cm³/mol. The van der Waals surface area contributed by atoms with Crippen molar-refractivity contribution in [2.75, 3.05) is 7.11 Å². The highest BCUT2D eigenvalue weighted by molar-refractivity contribution is 6.33. The van der Waals surface area contributed by atoms with E-state index in [9.17, 15) is 9.59 Å². The number of amides is 1. The normalized spacial score (nSPS) is 11.2. The van der Waals surface area contributed by atoms with E-state index >= 15 is 0 Å². The SMILES string of the molecule is COC(=O)[C@@H](CCC#N)NC(=O)c1ccccc1Cl. The number of hydrogen-bond acceptors (Lipinski definition) is 4. The number of carbonyl (C=O) groups excluding carboxylic acids is 2. The summed E-state index contributed by atoms with van der Waals surface area (Å²) in [5.74, 6) is -1.06. The molecule has 19 heavy (non-hydrogen) atoms. The smallest absolute Gasteiger partial charge is 0.328 e. The molecule has 100 valence electrons. The summed E-state index contributed by atoms with van der Waals surface area (Å²) in [6.45, 7) is 0. The van der Waals surface area contributed by atoms with Gasteiger partial charge in [-0.2, -0.15) is 5.26 Å². The van der Waals surface area contributed by atoms with Gasteiger partial charge in [0.15, 0.2) is 0 Å². The molecule has 0 radical (unpaired) electrons. The third-order valence-electron chi connectivity index (χ3n) is 2.45. The third kappa shape index (κ3) is 4.27. The van der Waals surface area contributed by atoms with Crippen LogP contribution in [-0.4, -0.2) is 25.0 Å². The first-order valence-electron chi connectivity index (χ1n) is 5.60. The molecule has 0 saturated heterocycles. The van der Waals surface area contributed by atoms with Crippen LogP contribution in [0.15, 0.2) is 24.3 Å². The monoisotopic (exact) mass is 280 g/mol. The summed E-state index contributed by atoms with van der Waals surface area (Å²) in [5.41, 5.74) is 0.273. The summed E-state index contributed by atoms with van der Waals surface area (Å²) in [6.07, 6.45) is 0.335. The van der Waals surface area contributed by atoms with E-state index in [1.165, 1.54) is 7.11 Å². The maximum atomic E-state index is 12.0. The first-order valence-corrected chi connectivity index (χ1v) is 5.98. The van der Waals surface area contributed by atoms with Crippen LogP contribution in [0.5, 0.6) is 0 Å². The van der Waals surface area contributed by atoms with Crippen molar-refractivity contribution >= 4 is 23.5 Å². The van der Waals surface area contributed by atoms with Crippen LogP contribution in [0.2, 0.25) is 5.02 Å². The van der Waals surface area contributed by atoms with E-state index in [1.54, 1.807) is 24.3 Å². The lowest BCUT2D eigenvalue weighted by Gasteiger charge is -2.15. The molecular formula is C13H13ClN2O3. The highest BCUT2D eigenvalue weighted by Crippen LogP contribution is 2.15. The minimum Gasteiger partial charge on any atom is -0.467 e. The minimum atomic E-state index is -0.853. The highest BCUT2D eigenvalue weighted by Gasteiger charge is 2.22. The molecule has 0 aromatic heterocycles. The molecule has 1 amide bonds. The number of halogens is 1. The highest BCUT2D eigenvalue weighted by atomic mass is 35.5. The van der Waals surface area contributed by atoms with Crippen LogP contribution >= 0.6 is 11.6 Å². The molecule has 0 saturated carbocycles. The van der Waals surface area contributed by atoms with Crippen molar-refractivity contribution < 1.29 is 14.3 Å². The number of esters is 1. The van der Waals surface area contributed by atoms with E-state index in [0.717, 1.165) is 0 Å². The Morgan fingerprint density at radius 3 is 2.74 bits per heavy atom. The van der Waals surface area contributed by atoms with Crippen LogP contribution in [0.1, 0.15) is 23.2 Å². The third-order valence-corrected chi connectivity index (χ3v) is 2.78. The number of ether oxygens (including phenoxy) is 1. The Morgan fingerprint density at radius 2 is 2.16 bits per heavy atom. The maximum Gasteiger partial charge on any atom is 0.328 e. The van der Waals surface area contributed by atoms with Gasteiger partial charge in [0.05, 0.1) is 23.8 Å². The molecule has 0 aliphatic carbocycles. The van der Waals surface area contributed by atoms with Crippen molar-refractivity contribution in [3.8, 4) is 6.07 Å². The lowest BCUT2D eigenvalue weighted by atomic mass is 10.1. The topological polar surface area (TPSA) is 79.2 Å². The lowest BCUT2D eigenvalue weighted by molar-refractivity contribution is -0.143. The van der Waals surface area contributed by atoms with Gasteiger partial charge in [0.2, 0.25) is 0 Å². The van der Waals surface area contributed by atoms with Gasteiger partial charge in [-0.05, 0) is 18.6 Å². The minimum absolute atomic E-state index is 0.141. The van der Waals surface area contributed by atoms with Crippen LogP contribution in [0.4, 0.5) is 0 Å². The van der Waals surface area contributed by atoms with Crippen LogP contribution in [0.25, 0.3) is 0 Å². The van der Waals surface area contributed by atoms with Gasteiger partial charge in [-0.1, -0.05) is 23.7 Å². The van der Waals surface area contributed by atoms with Gasteiger partial charge < -0.3 is 10.1 Å². The number of nitrogens with one attached hydrogen (secondary N) is 1. The summed E-state index contributed by atoms with van der Waals surface area (Å²) < 4.78 is 4.58. The summed E-state index contributed by atoms with van der Waals surface area (Å²) in [4.78, 5) is 23.5. The zero-order valence-electron chi connectivity index (χ0n) is 10.4. The van der Waals surface area contributed by atoms with Crippen molar-refractivity contribution in [1.82, 2.24) is 5.32 Å². The van der Waals surface area contributed by atoms with Gasteiger partial charge in [0.25, 0.3) is 5.91 Å². The van der Waals surface area contributed by atoms with Gasteiger partial charge in [-0.25, -0.2) is 4.79 Å². The number of hydrogen-bond donors (Lipinski definition) is 1. The Labute approximate surface area is 116 Å². The molecule has 1 atom stereocenters.